The van der Waals surface area contributed by atoms with Crippen LogP contribution in [0.15, 0.2) is 57.9 Å². The van der Waals surface area contributed by atoms with E-state index in [4.69, 9.17) is 4.42 Å². The number of aryl methyl sites for hydroxylation is 2. The van der Waals surface area contributed by atoms with Crippen LogP contribution in [0, 0.1) is 13.8 Å². The van der Waals surface area contributed by atoms with E-state index in [0.29, 0.717) is 47.5 Å². The molecular formula is C22H23N7O3. The van der Waals surface area contributed by atoms with Crippen molar-refractivity contribution >= 4 is 34.5 Å². The Morgan fingerprint density at radius 3 is 2.69 bits per heavy atom. The Labute approximate surface area is 183 Å². The van der Waals surface area contributed by atoms with E-state index in [0.717, 1.165) is 5.56 Å². The van der Waals surface area contributed by atoms with Gasteiger partial charge in [0.25, 0.3) is 0 Å². The fraction of sp³-hybridized carbons (Fsp3) is 0.227. The van der Waals surface area contributed by atoms with Crippen LogP contribution >= 0.6 is 0 Å². The van der Waals surface area contributed by atoms with Gasteiger partial charge >= 0.3 is 5.76 Å². The molecule has 0 atom stereocenters. The molecule has 3 heterocycles. The molecule has 0 saturated heterocycles. The van der Waals surface area contributed by atoms with Gasteiger partial charge in [-0.15, -0.1) is 0 Å². The van der Waals surface area contributed by atoms with Crippen LogP contribution in [0.4, 0.5) is 17.5 Å². The van der Waals surface area contributed by atoms with Crippen LogP contribution < -0.4 is 21.7 Å². The van der Waals surface area contributed by atoms with E-state index < -0.39 is 5.76 Å². The van der Waals surface area contributed by atoms with Gasteiger partial charge in [-0.3, -0.25) is 9.36 Å². The Bertz CT molecular complexity index is 1310. The summed E-state index contributed by atoms with van der Waals surface area (Å²) in [6.07, 6.45) is 1.73. The Kier molecular flexibility index (Phi) is 6.11. The second kappa shape index (κ2) is 9.29. The van der Waals surface area contributed by atoms with Crippen LogP contribution in [0.5, 0.6) is 0 Å². The molecule has 0 saturated carbocycles. The van der Waals surface area contributed by atoms with Gasteiger partial charge in [-0.1, -0.05) is 12.1 Å². The lowest BCUT2D eigenvalue weighted by atomic mass is 10.3. The van der Waals surface area contributed by atoms with Crippen molar-refractivity contribution in [1.82, 2.24) is 24.8 Å². The molecule has 0 fully saturated rings. The Morgan fingerprint density at radius 1 is 1.03 bits per heavy atom. The highest BCUT2D eigenvalue weighted by Gasteiger charge is 2.12. The van der Waals surface area contributed by atoms with Crippen LogP contribution in [0.2, 0.25) is 0 Å². The zero-order valence-corrected chi connectivity index (χ0v) is 17.8. The Morgan fingerprint density at radius 2 is 1.84 bits per heavy atom. The van der Waals surface area contributed by atoms with E-state index in [2.05, 4.69) is 30.9 Å². The molecule has 0 bridgehead atoms. The average molecular weight is 433 g/mol. The van der Waals surface area contributed by atoms with Crippen LogP contribution in [0.25, 0.3) is 11.1 Å². The lowest BCUT2D eigenvalue weighted by Gasteiger charge is -2.11. The maximum Gasteiger partial charge on any atom is 0.420 e. The van der Waals surface area contributed by atoms with Gasteiger partial charge in [-0.05, 0) is 43.7 Å². The third kappa shape index (κ3) is 5.09. The number of pyridine rings is 1. The molecule has 32 heavy (non-hydrogen) atoms. The van der Waals surface area contributed by atoms with Crippen molar-refractivity contribution in [3.05, 3.63) is 70.6 Å². The number of nitrogens with zero attached hydrogens (tertiary/aromatic N) is 4. The maximum absolute atomic E-state index is 12.3. The lowest BCUT2D eigenvalue weighted by molar-refractivity contribution is -0.121. The molecule has 164 valence electrons. The second-order valence-corrected chi connectivity index (χ2v) is 7.23. The predicted octanol–water partition coefficient (Wildman–Crippen LogP) is 2.37. The number of fused-ring (bicyclic) bond motifs is 1. The Balaban J connectivity index is 1.30. The molecule has 4 rings (SSSR count). The number of para-hydroxylation sites is 2. The fourth-order valence-electron chi connectivity index (χ4n) is 3.21. The van der Waals surface area contributed by atoms with Crippen molar-refractivity contribution in [2.24, 2.45) is 0 Å². The summed E-state index contributed by atoms with van der Waals surface area (Å²) < 4.78 is 6.45. The van der Waals surface area contributed by atoms with Crippen molar-refractivity contribution in [3.8, 4) is 0 Å². The first kappa shape index (κ1) is 21.0. The van der Waals surface area contributed by atoms with E-state index in [1.54, 1.807) is 43.5 Å². The minimum atomic E-state index is -0.556. The van der Waals surface area contributed by atoms with Gasteiger partial charge in [0.2, 0.25) is 5.91 Å². The van der Waals surface area contributed by atoms with E-state index >= 15 is 0 Å². The third-order valence-electron chi connectivity index (χ3n) is 4.64. The molecule has 0 aliphatic carbocycles. The van der Waals surface area contributed by atoms with E-state index in [9.17, 15) is 9.59 Å². The number of hydrogen-bond donors (Lipinski definition) is 3. The van der Waals surface area contributed by atoms with E-state index in [-0.39, 0.29) is 12.5 Å². The lowest BCUT2D eigenvalue weighted by Crippen LogP contribution is -2.33. The van der Waals surface area contributed by atoms with Crippen molar-refractivity contribution in [3.63, 3.8) is 0 Å². The second-order valence-electron chi connectivity index (χ2n) is 7.23. The van der Waals surface area contributed by atoms with Crippen LogP contribution in [0.1, 0.15) is 11.4 Å². The molecule has 10 nitrogen and oxygen atoms in total. The number of carbonyl (C=O) groups excluding carboxylic acids is 1. The van der Waals surface area contributed by atoms with Gasteiger partial charge in [-0.2, -0.15) is 0 Å². The maximum atomic E-state index is 12.3. The number of anilines is 3. The summed E-state index contributed by atoms with van der Waals surface area (Å²) in [5, 5.41) is 9.12. The number of carbonyl (C=O) groups is 1. The van der Waals surface area contributed by atoms with Crippen LogP contribution in [-0.4, -0.2) is 38.5 Å². The summed E-state index contributed by atoms with van der Waals surface area (Å²) in [6, 6.07) is 12.6. The number of hydrogen-bond acceptors (Lipinski definition) is 8. The quantitative estimate of drug-likeness (QED) is 0.362. The highest BCUT2D eigenvalue weighted by molar-refractivity contribution is 5.79. The first-order valence-corrected chi connectivity index (χ1v) is 10.1. The number of aromatic nitrogens is 4. The van der Waals surface area contributed by atoms with Gasteiger partial charge in [0, 0.05) is 25.4 Å². The zero-order chi connectivity index (χ0) is 22.5. The highest BCUT2D eigenvalue weighted by atomic mass is 16.4. The van der Waals surface area contributed by atoms with Crippen LogP contribution in [0.3, 0.4) is 0 Å². The van der Waals surface area contributed by atoms with Gasteiger partial charge in [0.1, 0.15) is 29.8 Å². The smallest absolute Gasteiger partial charge is 0.408 e. The van der Waals surface area contributed by atoms with Crippen molar-refractivity contribution < 1.29 is 9.21 Å². The topological polar surface area (TPSA) is 127 Å². The van der Waals surface area contributed by atoms with Crippen molar-refractivity contribution in [2.75, 3.05) is 23.7 Å². The molecule has 0 aliphatic rings. The third-order valence-corrected chi connectivity index (χ3v) is 4.64. The van der Waals surface area contributed by atoms with Crippen LogP contribution in [-0.2, 0) is 11.3 Å². The van der Waals surface area contributed by atoms with Crippen molar-refractivity contribution in [2.45, 2.75) is 20.4 Å². The first-order valence-electron chi connectivity index (χ1n) is 10.1. The molecule has 1 aromatic carbocycles. The summed E-state index contributed by atoms with van der Waals surface area (Å²) in [6.45, 7) is 4.49. The van der Waals surface area contributed by atoms with Gasteiger partial charge in [0.05, 0.1) is 5.52 Å². The summed E-state index contributed by atoms with van der Waals surface area (Å²) in [7, 11) is 0. The molecule has 1 amide bonds. The van der Waals surface area contributed by atoms with E-state index in [1.807, 2.05) is 19.1 Å². The molecule has 3 aromatic heterocycles. The molecule has 10 heteroatoms. The standard InChI is InChI=1S/C22H23N7O3/c1-14-7-8-23-18(11-14)28-20-12-19(26-15(2)27-20)24-9-10-25-21(30)13-29-16-5-3-4-6-17(16)32-22(29)31/h3-8,11-12H,9-10,13H2,1-2H3,(H,25,30)(H2,23,24,26,27,28). The molecule has 0 aliphatic heterocycles. The number of amides is 1. The van der Waals surface area contributed by atoms with Crippen molar-refractivity contribution in [1.29, 1.82) is 0 Å². The molecule has 4 aromatic rings. The SMILES string of the molecule is Cc1ccnc(Nc2cc(NCCNC(=O)Cn3c(=O)oc4ccccc43)nc(C)n2)c1. The first-order chi connectivity index (χ1) is 15.5. The Hall–Kier alpha value is -4.21. The molecular weight excluding hydrogens is 410 g/mol. The largest absolute Gasteiger partial charge is 0.420 e. The van der Waals surface area contributed by atoms with Gasteiger partial charge in [0.15, 0.2) is 5.58 Å². The minimum absolute atomic E-state index is 0.111. The molecule has 0 spiro atoms. The van der Waals surface area contributed by atoms with E-state index in [1.165, 1.54) is 4.57 Å². The predicted molar refractivity (Wildman–Crippen MR) is 121 cm³/mol. The minimum Gasteiger partial charge on any atom is -0.408 e. The number of nitrogens with one attached hydrogen (secondary N) is 3. The molecule has 3 N–H and O–H groups in total. The summed E-state index contributed by atoms with van der Waals surface area (Å²) in [5.74, 6) is 1.70. The zero-order valence-electron chi connectivity index (χ0n) is 17.8. The monoisotopic (exact) mass is 433 g/mol. The fourth-order valence-corrected chi connectivity index (χ4v) is 3.21. The highest BCUT2D eigenvalue weighted by Crippen LogP contribution is 2.16. The number of rotatable bonds is 8. The number of oxazole rings is 1. The number of benzene rings is 1. The average Bonchev–Trinajstić information content (AvgIpc) is 3.06. The molecule has 0 unspecified atom stereocenters. The van der Waals surface area contributed by atoms with Gasteiger partial charge in [-0.25, -0.2) is 19.7 Å². The molecule has 0 radical (unpaired) electrons. The summed E-state index contributed by atoms with van der Waals surface area (Å²) in [5.41, 5.74) is 2.13. The normalized spacial score (nSPS) is 10.8. The van der Waals surface area contributed by atoms with Gasteiger partial charge < -0.3 is 20.4 Å². The summed E-state index contributed by atoms with van der Waals surface area (Å²) in [4.78, 5) is 37.3. The summed E-state index contributed by atoms with van der Waals surface area (Å²) >= 11 is 0.